The van der Waals surface area contributed by atoms with Gasteiger partial charge < -0.3 is 14.2 Å². The second-order valence-corrected chi connectivity index (χ2v) is 10.6. The normalized spacial score (nSPS) is 13.7. The fraction of sp³-hybridized carbons (Fsp3) is 0.625. The van der Waals surface area contributed by atoms with Gasteiger partial charge in [0.05, 0.1) is 0 Å². The molecule has 0 amide bonds. The van der Waals surface area contributed by atoms with Gasteiger partial charge in [0.25, 0.3) is 5.97 Å². The third-order valence-corrected chi connectivity index (χ3v) is 8.70. The quantitative estimate of drug-likeness (QED) is 0.171. The summed E-state index contributed by atoms with van der Waals surface area (Å²) in [4.78, 5) is 0. The lowest BCUT2D eigenvalue weighted by atomic mass is 9.84. The molecule has 0 N–H and O–H groups in total. The summed E-state index contributed by atoms with van der Waals surface area (Å²) in [5.74, 6) is -0.272. The maximum absolute atomic E-state index is 5.38. The fourth-order valence-electron chi connectivity index (χ4n) is 6.01. The molecule has 3 rings (SSSR count). The minimum Gasteiger partial charge on any atom is -0.331 e. The summed E-state index contributed by atoms with van der Waals surface area (Å²) >= 11 is 0. The molecule has 2 aromatic rings. The van der Waals surface area contributed by atoms with Gasteiger partial charge in [0, 0.05) is 27.8 Å². The van der Waals surface area contributed by atoms with Crippen LogP contribution in [-0.2, 0) is 20.6 Å². The van der Waals surface area contributed by atoms with Crippen LogP contribution in [0.4, 0.5) is 0 Å². The van der Waals surface area contributed by atoms with E-state index in [0.717, 1.165) is 19.3 Å². The maximum Gasteiger partial charge on any atom is 0.282 e. The third-order valence-electron chi connectivity index (χ3n) is 8.70. The monoisotopic (exact) mass is 480 g/mol. The van der Waals surface area contributed by atoms with Gasteiger partial charge in [0.1, 0.15) is 0 Å². The SMILES string of the molecule is COC(CCCCCCCCCC(C)c1cccc2c1-c1c(C)c(C)c(C)c(C)c1C2)(OC)OC. The molecular formula is C32H48O3. The minimum atomic E-state index is -0.872. The lowest BCUT2D eigenvalue weighted by Gasteiger charge is -2.28. The van der Waals surface area contributed by atoms with Crippen molar-refractivity contribution in [3.63, 3.8) is 0 Å². The lowest BCUT2D eigenvalue weighted by Crippen LogP contribution is -2.35. The van der Waals surface area contributed by atoms with Crippen LogP contribution in [0, 0.1) is 27.7 Å². The Balaban J connectivity index is 1.49. The first-order valence-corrected chi connectivity index (χ1v) is 13.7. The zero-order valence-corrected chi connectivity index (χ0v) is 23.6. The topological polar surface area (TPSA) is 27.7 Å². The first-order chi connectivity index (χ1) is 16.8. The molecule has 0 aliphatic heterocycles. The van der Waals surface area contributed by atoms with Crippen molar-refractivity contribution < 1.29 is 14.2 Å². The summed E-state index contributed by atoms with van der Waals surface area (Å²) in [5.41, 5.74) is 13.7. The van der Waals surface area contributed by atoms with Crippen molar-refractivity contribution in [1.29, 1.82) is 0 Å². The second kappa shape index (κ2) is 12.5. The van der Waals surface area contributed by atoms with Gasteiger partial charge in [-0.2, -0.15) is 0 Å². The largest absolute Gasteiger partial charge is 0.331 e. The van der Waals surface area contributed by atoms with Gasteiger partial charge >= 0.3 is 0 Å². The Bertz CT molecular complexity index is 979. The minimum absolute atomic E-state index is 0.600. The zero-order valence-electron chi connectivity index (χ0n) is 23.6. The Labute approximate surface area is 214 Å². The van der Waals surface area contributed by atoms with E-state index in [1.807, 2.05) is 0 Å². The fourth-order valence-corrected chi connectivity index (χ4v) is 6.01. The molecule has 1 aliphatic carbocycles. The van der Waals surface area contributed by atoms with Crippen LogP contribution in [0.2, 0.25) is 0 Å². The van der Waals surface area contributed by atoms with Gasteiger partial charge in [-0.15, -0.1) is 0 Å². The van der Waals surface area contributed by atoms with Gasteiger partial charge in [-0.3, -0.25) is 0 Å². The van der Waals surface area contributed by atoms with Crippen molar-refractivity contribution in [2.24, 2.45) is 0 Å². The molecule has 1 atom stereocenters. The van der Waals surface area contributed by atoms with Gasteiger partial charge in [0.15, 0.2) is 0 Å². The highest BCUT2D eigenvalue weighted by atomic mass is 16.9. The predicted molar refractivity (Wildman–Crippen MR) is 147 cm³/mol. The Kier molecular flexibility index (Phi) is 9.98. The number of unbranched alkanes of at least 4 members (excludes halogenated alkanes) is 6. The molecule has 1 unspecified atom stereocenters. The highest BCUT2D eigenvalue weighted by Gasteiger charge is 2.29. The van der Waals surface area contributed by atoms with Crippen molar-refractivity contribution in [2.45, 2.75) is 111 Å². The van der Waals surface area contributed by atoms with Crippen LogP contribution in [0.1, 0.15) is 110 Å². The molecule has 0 bridgehead atoms. The number of hydrogen-bond donors (Lipinski definition) is 0. The Morgan fingerprint density at radius 2 is 1.29 bits per heavy atom. The van der Waals surface area contributed by atoms with Crippen LogP contribution in [0.15, 0.2) is 18.2 Å². The molecule has 0 radical (unpaired) electrons. The van der Waals surface area contributed by atoms with Crippen LogP contribution in [0.5, 0.6) is 0 Å². The van der Waals surface area contributed by atoms with Crippen molar-refractivity contribution >= 4 is 0 Å². The average Bonchev–Trinajstić information content (AvgIpc) is 3.27. The van der Waals surface area contributed by atoms with Crippen LogP contribution >= 0.6 is 0 Å². The van der Waals surface area contributed by atoms with Crippen molar-refractivity contribution in [3.8, 4) is 11.1 Å². The Hall–Kier alpha value is -1.68. The number of rotatable bonds is 14. The molecular weight excluding hydrogens is 432 g/mol. The van der Waals surface area contributed by atoms with E-state index in [0.29, 0.717) is 5.92 Å². The molecule has 194 valence electrons. The maximum atomic E-state index is 5.38. The number of fused-ring (bicyclic) bond motifs is 3. The summed E-state index contributed by atoms with van der Waals surface area (Å²) in [7, 11) is 4.92. The van der Waals surface area contributed by atoms with Gasteiger partial charge in [-0.05, 0) is 103 Å². The first-order valence-electron chi connectivity index (χ1n) is 13.7. The van der Waals surface area contributed by atoms with E-state index >= 15 is 0 Å². The van der Waals surface area contributed by atoms with E-state index in [4.69, 9.17) is 14.2 Å². The van der Waals surface area contributed by atoms with Crippen molar-refractivity contribution in [2.75, 3.05) is 21.3 Å². The summed E-state index contributed by atoms with van der Waals surface area (Å²) in [6.45, 7) is 11.7. The van der Waals surface area contributed by atoms with Crippen LogP contribution < -0.4 is 0 Å². The van der Waals surface area contributed by atoms with Gasteiger partial charge in [-0.25, -0.2) is 0 Å². The van der Waals surface area contributed by atoms with Crippen LogP contribution in [0.25, 0.3) is 11.1 Å². The van der Waals surface area contributed by atoms with E-state index < -0.39 is 5.97 Å². The van der Waals surface area contributed by atoms with E-state index in [2.05, 4.69) is 52.8 Å². The van der Waals surface area contributed by atoms with Crippen LogP contribution in [-0.4, -0.2) is 27.3 Å². The van der Waals surface area contributed by atoms with E-state index in [1.54, 1.807) is 43.6 Å². The summed E-state index contributed by atoms with van der Waals surface area (Å²) in [5, 5.41) is 0. The smallest absolute Gasteiger partial charge is 0.282 e. The number of hydrogen-bond acceptors (Lipinski definition) is 3. The summed E-state index contributed by atoms with van der Waals surface area (Å²) in [6.07, 6.45) is 11.9. The molecule has 0 saturated carbocycles. The molecule has 0 spiro atoms. The summed E-state index contributed by atoms with van der Waals surface area (Å²) < 4.78 is 16.1. The molecule has 3 heteroatoms. The second-order valence-electron chi connectivity index (χ2n) is 10.6. The zero-order chi connectivity index (χ0) is 25.6. The molecule has 0 heterocycles. The first kappa shape index (κ1) is 27.9. The molecule has 2 aromatic carbocycles. The molecule has 35 heavy (non-hydrogen) atoms. The van der Waals surface area contributed by atoms with E-state index in [1.165, 1.54) is 72.8 Å². The van der Waals surface area contributed by atoms with E-state index in [9.17, 15) is 0 Å². The van der Waals surface area contributed by atoms with Crippen molar-refractivity contribution in [1.82, 2.24) is 0 Å². The van der Waals surface area contributed by atoms with Crippen molar-refractivity contribution in [3.05, 3.63) is 57.1 Å². The molecule has 0 aromatic heterocycles. The molecule has 0 fully saturated rings. The van der Waals surface area contributed by atoms with Gasteiger partial charge in [0.2, 0.25) is 0 Å². The summed E-state index contributed by atoms with van der Waals surface area (Å²) in [6, 6.07) is 7.03. The number of ether oxygens (including phenoxy) is 3. The number of methoxy groups -OCH3 is 3. The Morgan fingerprint density at radius 1 is 0.714 bits per heavy atom. The molecule has 3 nitrogen and oxygen atoms in total. The lowest BCUT2D eigenvalue weighted by molar-refractivity contribution is -0.355. The molecule has 1 aliphatic rings. The standard InChI is InChI=1S/C32H48O3/c1-22(17-14-12-10-9-11-13-15-20-32(33-6,34-7)35-8)28-19-16-18-27-21-29-25(4)23(2)24(3)26(5)30(29)31(27)28/h16,18-19,22H,9-15,17,20-21H2,1-8H3. The highest BCUT2D eigenvalue weighted by molar-refractivity contribution is 5.84. The van der Waals surface area contributed by atoms with Crippen LogP contribution in [0.3, 0.4) is 0 Å². The third kappa shape index (κ3) is 6.01. The van der Waals surface area contributed by atoms with E-state index in [-0.39, 0.29) is 0 Å². The predicted octanol–water partition coefficient (Wildman–Crippen LogP) is 8.70. The Morgan fingerprint density at radius 3 is 1.91 bits per heavy atom. The van der Waals surface area contributed by atoms with Gasteiger partial charge in [-0.1, -0.05) is 63.6 Å². The average molecular weight is 481 g/mol. The highest BCUT2D eigenvalue weighted by Crippen LogP contribution is 2.46. The molecule has 0 saturated heterocycles. The number of benzene rings is 2.